The van der Waals surface area contributed by atoms with Crippen molar-refractivity contribution in [1.82, 2.24) is 0 Å². The minimum Gasteiger partial charge on any atom is -0.748 e. The molecule has 0 amide bonds. The lowest BCUT2D eigenvalue weighted by molar-refractivity contribution is -0.226. The molecule has 0 aliphatic heterocycles. The van der Waals surface area contributed by atoms with Crippen LogP contribution in [0.5, 0.6) is 0 Å². The van der Waals surface area contributed by atoms with Gasteiger partial charge < -0.3 is 24.1 Å². The molecule has 3 unspecified atom stereocenters. The number of alkyl halides is 10. The first-order valence-corrected chi connectivity index (χ1v) is 31.0. The van der Waals surface area contributed by atoms with Crippen LogP contribution in [-0.2, 0) is 51.6 Å². The molecule has 0 spiro atoms. The Bertz CT molecular complexity index is 2680. The van der Waals surface area contributed by atoms with Crippen molar-refractivity contribution in [1.29, 1.82) is 0 Å². The molecule has 6 aromatic carbocycles. The summed E-state index contributed by atoms with van der Waals surface area (Å²) in [4.78, 5) is 18.8. The van der Waals surface area contributed by atoms with E-state index in [1.165, 1.54) is 29.4 Å². The Hall–Kier alpha value is -4.92. The monoisotopic (exact) mass is 1270 g/mol. The van der Waals surface area contributed by atoms with Gasteiger partial charge in [0.2, 0.25) is 6.10 Å². The summed E-state index contributed by atoms with van der Waals surface area (Å²) in [7, 11) is -10.2. The number of hydrogen-bond acceptors (Lipinski definition) is 10. The SMILES string of the molecule is O=C(OC(CS(=O)(=O)[O-])C(F)(F)F)C12CC3CC(CC(C3)C1)C2.O=S(=O)([O-])CC(O)C(F)(F)F.OCC(Br)C(F)(F)F.c1ccc([S+](c2ccccc2)c2ccccc2)cc1.c1ccc([S+](c2ccccc2)c2ccccc2)cc1. The van der Waals surface area contributed by atoms with Gasteiger partial charge in [0.05, 0.1) is 65.6 Å². The van der Waals surface area contributed by atoms with Gasteiger partial charge in [-0.2, -0.15) is 39.5 Å². The van der Waals surface area contributed by atoms with Gasteiger partial charge in [-0.15, -0.1) is 0 Å². The Balaban J connectivity index is 0.000000192. The highest BCUT2D eigenvalue weighted by Gasteiger charge is 2.57. The van der Waals surface area contributed by atoms with Crippen LogP contribution in [0.4, 0.5) is 39.5 Å². The molecule has 4 aliphatic rings. The van der Waals surface area contributed by atoms with E-state index < -0.39 is 85.3 Å². The number of esters is 1. The molecule has 10 rings (SSSR count). The maximum Gasteiger partial charge on any atom is 0.426 e. The van der Waals surface area contributed by atoms with Crippen molar-refractivity contribution in [3.63, 3.8) is 0 Å². The van der Waals surface area contributed by atoms with Crippen molar-refractivity contribution in [3.8, 4) is 0 Å². The summed E-state index contributed by atoms with van der Waals surface area (Å²) < 4.78 is 172. The van der Waals surface area contributed by atoms with Gasteiger partial charge in [-0.25, -0.2) is 16.8 Å². The molecule has 4 fully saturated rings. The molecule has 434 valence electrons. The maximum atomic E-state index is 12.9. The molecule has 3 atom stereocenters. The van der Waals surface area contributed by atoms with Crippen molar-refractivity contribution in [2.24, 2.45) is 23.2 Å². The van der Waals surface area contributed by atoms with Crippen LogP contribution in [0.3, 0.4) is 0 Å². The number of hydrogen-bond donors (Lipinski definition) is 2. The normalized spacial score (nSPS) is 19.7. The van der Waals surface area contributed by atoms with E-state index in [0.717, 1.165) is 19.3 Å². The van der Waals surface area contributed by atoms with Crippen molar-refractivity contribution in [2.45, 2.75) is 103 Å². The zero-order valence-electron chi connectivity index (χ0n) is 42.2. The minimum absolute atomic E-state index is 0.0146. The zero-order valence-corrected chi connectivity index (χ0v) is 47.1. The summed E-state index contributed by atoms with van der Waals surface area (Å²) in [5.74, 6) is -3.59. The Morgan fingerprint density at radius 2 is 0.775 bits per heavy atom. The lowest BCUT2D eigenvalue weighted by atomic mass is 9.49. The predicted octanol–water partition coefficient (Wildman–Crippen LogP) is 12.5. The van der Waals surface area contributed by atoms with E-state index in [1.54, 1.807) is 0 Å². The molecule has 24 heteroatoms. The summed E-state index contributed by atoms with van der Waals surface area (Å²) in [6, 6.07) is 64.3. The third-order valence-electron chi connectivity index (χ3n) is 12.6. The van der Waals surface area contributed by atoms with E-state index in [0.29, 0.717) is 37.0 Å². The second-order valence-electron chi connectivity index (χ2n) is 18.8. The standard InChI is InChI=1S/2C18H15S.C14H19F3O5S.C3H4BrF3O.C3H5F3O4S/c2*1-4-10-16(11-5-1)19(17-12-6-2-7-13-17)18-14-8-3-9-15-18;15-14(16,17)11(7-23(19,20)21)22-12(18)13-4-8-1-9(5-13)3-10(2-8)6-13;4-2(1-8)3(5,6)7;4-3(5,6)2(7)1-11(8,9)10/h2*1-15H;8-11H,1-7H2,(H,19,20,21);2,8H,1H2;2,7H,1H2,(H,8,9,10)/q2*+1;;;/p-2. The topological polar surface area (TPSA) is 181 Å². The number of ether oxygens (including phenoxy) is 1. The largest absolute Gasteiger partial charge is 0.748 e. The van der Waals surface area contributed by atoms with Gasteiger partial charge in [-0.3, -0.25) is 4.79 Å². The molecular weight excluding hydrogens is 1210 g/mol. The molecule has 0 aromatic heterocycles. The van der Waals surface area contributed by atoms with Crippen molar-refractivity contribution < 1.29 is 85.2 Å². The summed E-state index contributed by atoms with van der Waals surface area (Å²) in [6.45, 7) is -0.913. The fraction of sp³-hybridized carbons (Fsp3) is 0.339. The second-order valence-corrected chi connectivity index (χ2v) is 26.9. The van der Waals surface area contributed by atoms with E-state index in [2.05, 4.69) is 203 Å². The number of benzene rings is 6. The summed E-state index contributed by atoms with van der Waals surface area (Å²) >= 11 is 2.22. The van der Waals surface area contributed by atoms with Gasteiger partial charge in [0.1, 0.15) is 4.83 Å². The Morgan fingerprint density at radius 3 is 0.950 bits per heavy atom. The highest BCUT2D eigenvalue weighted by atomic mass is 79.9. The summed E-state index contributed by atoms with van der Waals surface area (Å²) in [5.41, 5.74) is -0.926. The zero-order chi connectivity index (χ0) is 58.9. The molecule has 10 nitrogen and oxygen atoms in total. The average molecular weight is 1270 g/mol. The number of aliphatic hydroxyl groups excluding tert-OH is 2. The molecule has 4 saturated carbocycles. The van der Waals surface area contributed by atoms with Gasteiger partial charge in [0, 0.05) is 0 Å². The first kappa shape index (κ1) is 65.9. The van der Waals surface area contributed by atoms with Gasteiger partial charge in [-0.1, -0.05) is 125 Å². The van der Waals surface area contributed by atoms with Crippen LogP contribution in [0.2, 0.25) is 0 Å². The first-order chi connectivity index (χ1) is 37.5. The van der Waals surface area contributed by atoms with Gasteiger partial charge in [0.25, 0.3) is 0 Å². The van der Waals surface area contributed by atoms with Crippen LogP contribution in [0.25, 0.3) is 0 Å². The van der Waals surface area contributed by atoms with Crippen LogP contribution in [-0.4, -0.2) is 95.8 Å². The fourth-order valence-electron chi connectivity index (χ4n) is 9.54. The molecule has 4 bridgehead atoms. The molecule has 2 N–H and O–H groups in total. The van der Waals surface area contributed by atoms with Crippen LogP contribution in [0, 0.1) is 23.2 Å². The lowest BCUT2D eigenvalue weighted by Gasteiger charge is -2.55. The van der Waals surface area contributed by atoms with E-state index in [-0.39, 0.29) is 21.8 Å². The molecule has 0 heterocycles. The van der Waals surface area contributed by atoms with Gasteiger partial charge in [-0.05, 0) is 129 Å². The molecule has 4 aliphatic carbocycles. The van der Waals surface area contributed by atoms with E-state index in [4.69, 9.17) is 10.2 Å². The number of halogens is 10. The highest BCUT2D eigenvalue weighted by molar-refractivity contribution is 9.09. The molecule has 6 aromatic rings. The number of rotatable bonds is 13. The fourth-order valence-corrected chi connectivity index (χ4v) is 15.0. The Kier molecular flexibility index (Phi) is 24.2. The summed E-state index contributed by atoms with van der Waals surface area (Å²) in [6.07, 6.45) is -15.9. The molecule has 0 saturated heterocycles. The number of carbonyl (C=O) groups is 1. The molecule has 0 radical (unpaired) electrons. The minimum atomic E-state index is -5.16. The Labute approximate surface area is 473 Å². The third-order valence-corrected chi connectivity index (χ3v) is 19.3. The summed E-state index contributed by atoms with van der Waals surface area (Å²) in [5, 5.41) is 15.9. The van der Waals surface area contributed by atoms with Crippen LogP contribution in [0.15, 0.2) is 211 Å². The number of aliphatic hydroxyl groups is 2. The van der Waals surface area contributed by atoms with Crippen molar-refractivity contribution >= 4 is 63.9 Å². The smallest absolute Gasteiger partial charge is 0.426 e. The number of carbonyl (C=O) groups excluding carboxylic acids is 1. The quantitative estimate of drug-likeness (QED) is 0.0371. The predicted molar refractivity (Wildman–Crippen MR) is 287 cm³/mol. The van der Waals surface area contributed by atoms with Crippen LogP contribution in [0.1, 0.15) is 38.5 Å². The highest BCUT2D eigenvalue weighted by Crippen LogP contribution is 2.60. The van der Waals surface area contributed by atoms with E-state index in [1.807, 2.05) is 0 Å². The Morgan fingerprint density at radius 1 is 0.512 bits per heavy atom. The van der Waals surface area contributed by atoms with Crippen molar-refractivity contribution in [3.05, 3.63) is 182 Å². The van der Waals surface area contributed by atoms with Crippen LogP contribution >= 0.6 is 15.9 Å². The van der Waals surface area contributed by atoms with E-state index in [9.17, 15) is 70.2 Å². The first-order valence-electron chi connectivity index (χ1n) is 24.5. The van der Waals surface area contributed by atoms with Crippen molar-refractivity contribution in [2.75, 3.05) is 18.1 Å². The maximum absolute atomic E-state index is 12.9. The van der Waals surface area contributed by atoms with E-state index >= 15 is 0 Å². The molecule has 80 heavy (non-hydrogen) atoms. The molecular formula is C56H56BrF9O10S4. The van der Waals surface area contributed by atoms with Gasteiger partial charge >= 0.3 is 24.5 Å². The third kappa shape index (κ3) is 21.1. The van der Waals surface area contributed by atoms with Crippen LogP contribution < -0.4 is 0 Å². The second kappa shape index (κ2) is 29.4. The average Bonchev–Trinajstić information content (AvgIpc) is 3.54. The van der Waals surface area contributed by atoms with Gasteiger partial charge in [0.15, 0.2) is 35.5 Å². The lowest BCUT2D eigenvalue weighted by Crippen LogP contribution is -2.52.